The summed E-state index contributed by atoms with van der Waals surface area (Å²) in [6.45, 7) is 4.52. The Labute approximate surface area is 190 Å². The molecule has 2 aromatic rings. The second-order valence-electron chi connectivity index (χ2n) is 9.03. The van der Waals surface area contributed by atoms with Crippen molar-refractivity contribution in [3.8, 4) is 5.75 Å². The molecule has 1 unspecified atom stereocenters. The molecule has 1 aliphatic heterocycles. The number of aromatic nitrogens is 1. The van der Waals surface area contributed by atoms with E-state index in [2.05, 4.69) is 4.65 Å². The van der Waals surface area contributed by atoms with Gasteiger partial charge in [-0.05, 0) is 25.3 Å². The van der Waals surface area contributed by atoms with Crippen molar-refractivity contribution in [2.45, 2.75) is 52.7 Å². The third kappa shape index (κ3) is 4.42. The number of piperidine rings is 1. The minimum Gasteiger partial charge on any atom is -0.492 e. The second-order valence-corrected chi connectivity index (χ2v) is 9.03. The van der Waals surface area contributed by atoms with Crippen LogP contribution in [0.5, 0.6) is 5.75 Å². The molecule has 0 radical (unpaired) electrons. The van der Waals surface area contributed by atoms with Gasteiger partial charge in [0.1, 0.15) is 11.3 Å². The lowest BCUT2D eigenvalue weighted by atomic mass is 9.81. The summed E-state index contributed by atoms with van der Waals surface area (Å²) >= 11 is 0. The molecule has 33 heavy (non-hydrogen) atoms. The Bertz CT molecular complexity index is 1130. The number of benzene rings is 1. The van der Waals surface area contributed by atoms with E-state index < -0.39 is 41.8 Å². The number of hydrogen-bond acceptors (Lipinski definition) is 6. The Morgan fingerprint density at radius 2 is 1.94 bits per heavy atom. The van der Waals surface area contributed by atoms with Crippen LogP contribution in [0, 0.1) is 11.2 Å². The molecular weight excluding hydrogens is 440 g/mol. The highest BCUT2D eigenvalue weighted by atomic mass is 19.2. The first-order valence-electron chi connectivity index (χ1n) is 10.4. The smallest absolute Gasteiger partial charge is 0.492 e. The van der Waals surface area contributed by atoms with Crippen molar-refractivity contribution in [1.82, 2.24) is 4.57 Å². The molecule has 1 aromatic carbocycles. The van der Waals surface area contributed by atoms with Crippen molar-refractivity contribution < 1.29 is 32.3 Å². The van der Waals surface area contributed by atoms with Gasteiger partial charge in [0, 0.05) is 30.7 Å². The zero-order chi connectivity index (χ0) is 23.4. The number of anilines is 1. The van der Waals surface area contributed by atoms with Crippen LogP contribution >= 0.6 is 0 Å². The SMILES string of the molecule is C.COc1c(N2CCC(O)C(C)(C)C2)c(F)cc2c(=O)c(C(=O)OB(F)F)cn(C3CC3)c12. The molecule has 1 saturated heterocycles. The Morgan fingerprint density at radius 3 is 2.48 bits per heavy atom. The molecule has 4 rings (SSSR count). The van der Waals surface area contributed by atoms with E-state index >= 15 is 4.39 Å². The normalized spacial score (nSPS) is 19.7. The monoisotopic (exact) mass is 468 g/mol. The Balaban J connectivity index is 0.00000306. The fourth-order valence-corrected chi connectivity index (χ4v) is 4.40. The maximum absolute atomic E-state index is 15.4. The van der Waals surface area contributed by atoms with Crippen molar-refractivity contribution >= 4 is 30.0 Å². The first-order valence-corrected chi connectivity index (χ1v) is 10.4. The van der Waals surface area contributed by atoms with Crippen molar-refractivity contribution in [2.75, 3.05) is 25.1 Å². The molecule has 0 amide bonds. The van der Waals surface area contributed by atoms with E-state index in [0.29, 0.717) is 25.0 Å². The van der Waals surface area contributed by atoms with Gasteiger partial charge in [0.25, 0.3) is 0 Å². The quantitative estimate of drug-likeness (QED) is 0.673. The van der Waals surface area contributed by atoms with Crippen LogP contribution in [0.25, 0.3) is 10.9 Å². The molecule has 7 nitrogen and oxygen atoms in total. The van der Waals surface area contributed by atoms with E-state index in [4.69, 9.17) is 4.74 Å². The Morgan fingerprint density at radius 1 is 1.27 bits per heavy atom. The number of aliphatic hydroxyl groups is 1. The number of nitrogens with zero attached hydrogens (tertiary/aromatic N) is 2. The molecule has 11 heteroatoms. The predicted octanol–water partition coefficient (Wildman–Crippen LogP) is 3.80. The number of rotatable bonds is 5. The molecule has 1 atom stereocenters. The third-order valence-electron chi connectivity index (χ3n) is 6.25. The topological polar surface area (TPSA) is 81.0 Å². The lowest BCUT2D eigenvalue weighted by molar-refractivity contribution is 0.0333. The van der Waals surface area contributed by atoms with Gasteiger partial charge in [-0.25, -0.2) is 17.8 Å². The summed E-state index contributed by atoms with van der Waals surface area (Å²) in [6, 6.07) is 0.939. The molecular formula is C22H28BF3N2O5. The standard InChI is InChI=1S/C21H24BF3N2O5.CH4/c1-21(2)10-26(7-6-15(21)28)17-14(23)8-12-16(19(17)31-3)27(11-4-5-11)9-13(18(12)29)20(30)32-22(24)25;/h8-9,11,15,28H,4-7,10H2,1-3H3;1H4. The van der Waals surface area contributed by atoms with E-state index in [1.807, 2.05) is 13.8 Å². The van der Waals surface area contributed by atoms with E-state index in [0.717, 1.165) is 18.9 Å². The third-order valence-corrected chi connectivity index (χ3v) is 6.25. The summed E-state index contributed by atoms with van der Waals surface area (Å²) in [7, 11) is -2.01. The maximum atomic E-state index is 15.4. The van der Waals surface area contributed by atoms with Crippen molar-refractivity contribution in [2.24, 2.45) is 5.41 Å². The fourth-order valence-electron chi connectivity index (χ4n) is 4.40. The van der Waals surface area contributed by atoms with Crippen LogP contribution in [0.4, 0.5) is 18.7 Å². The molecule has 1 N–H and O–H groups in total. The van der Waals surface area contributed by atoms with Crippen LogP contribution in [0.15, 0.2) is 17.1 Å². The van der Waals surface area contributed by atoms with Gasteiger partial charge < -0.3 is 24.0 Å². The van der Waals surface area contributed by atoms with Gasteiger partial charge in [-0.2, -0.15) is 0 Å². The number of hydrogen-bond donors (Lipinski definition) is 1. The van der Waals surface area contributed by atoms with Crippen molar-refractivity contribution in [3.05, 3.63) is 33.9 Å². The van der Waals surface area contributed by atoms with Crippen LogP contribution < -0.4 is 15.1 Å². The zero-order valence-corrected chi connectivity index (χ0v) is 18.0. The molecule has 1 aliphatic carbocycles. The summed E-state index contributed by atoms with van der Waals surface area (Å²) in [6.07, 6.45) is 2.59. The summed E-state index contributed by atoms with van der Waals surface area (Å²) in [5.74, 6) is -2.07. The van der Waals surface area contributed by atoms with Gasteiger partial charge in [-0.3, -0.25) is 4.79 Å². The molecule has 2 aliphatic rings. The van der Waals surface area contributed by atoms with E-state index in [9.17, 15) is 23.3 Å². The lowest BCUT2D eigenvalue weighted by Crippen LogP contribution is -2.49. The van der Waals surface area contributed by atoms with Gasteiger partial charge in [-0.15, -0.1) is 0 Å². The first kappa shape index (κ1) is 24.9. The summed E-state index contributed by atoms with van der Waals surface area (Å²) < 4.78 is 51.7. The molecule has 0 bridgehead atoms. The van der Waals surface area contributed by atoms with Gasteiger partial charge >= 0.3 is 13.4 Å². The zero-order valence-electron chi connectivity index (χ0n) is 18.0. The minimum atomic E-state index is -3.38. The minimum absolute atomic E-state index is 0. The number of ether oxygens (including phenoxy) is 1. The summed E-state index contributed by atoms with van der Waals surface area (Å²) in [5, 5.41) is 10.1. The van der Waals surface area contributed by atoms with E-state index in [1.54, 1.807) is 9.47 Å². The van der Waals surface area contributed by atoms with Gasteiger partial charge in [0.15, 0.2) is 11.6 Å². The number of pyridine rings is 1. The molecule has 1 saturated carbocycles. The molecule has 1 aromatic heterocycles. The highest BCUT2D eigenvalue weighted by Gasteiger charge is 2.38. The average molecular weight is 468 g/mol. The van der Waals surface area contributed by atoms with Crippen LogP contribution in [0.3, 0.4) is 0 Å². The van der Waals surface area contributed by atoms with Gasteiger partial charge in [0.05, 0.1) is 24.1 Å². The molecule has 180 valence electrons. The number of methoxy groups -OCH3 is 1. The predicted molar refractivity (Wildman–Crippen MR) is 120 cm³/mol. The van der Waals surface area contributed by atoms with Gasteiger partial charge in [-0.1, -0.05) is 21.3 Å². The van der Waals surface area contributed by atoms with Crippen LogP contribution in [0.1, 0.15) is 56.9 Å². The van der Waals surface area contributed by atoms with E-state index in [-0.39, 0.29) is 30.3 Å². The van der Waals surface area contributed by atoms with Crippen LogP contribution in [0.2, 0.25) is 0 Å². The highest BCUT2D eigenvalue weighted by molar-refractivity contribution is 6.38. The largest absolute Gasteiger partial charge is 0.798 e. The van der Waals surface area contributed by atoms with Gasteiger partial charge in [0.2, 0.25) is 5.43 Å². The number of fused-ring (bicyclic) bond motifs is 1. The Kier molecular flexibility index (Phi) is 6.75. The van der Waals surface area contributed by atoms with Crippen molar-refractivity contribution in [1.29, 1.82) is 0 Å². The van der Waals surface area contributed by atoms with Crippen LogP contribution in [-0.2, 0) is 4.65 Å². The highest BCUT2D eigenvalue weighted by Crippen LogP contribution is 2.45. The number of carbonyl (C=O) groups excluding carboxylic acids is 1. The summed E-state index contributed by atoms with van der Waals surface area (Å²) in [4.78, 5) is 26.8. The van der Waals surface area contributed by atoms with Crippen molar-refractivity contribution in [3.63, 3.8) is 0 Å². The van der Waals surface area contributed by atoms with Crippen LogP contribution in [-0.4, -0.2) is 49.4 Å². The van der Waals surface area contributed by atoms with E-state index in [1.165, 1.54) is 13.3 Å². The molecule has 0 spiro atoms. The number of aliphatic hydroxyl groups excluding tert-OH is 1. The molecule has 2 heterocycles. The fraction of sp³-hybridized carbons (Fsp3) is 0.545. The maximum Gasteiger partial charge on any atom is 0.798 e. The Hall–Kier alpha value is -2.69. The second kappa shape index (κ2) is 8.93. The lowest BCUT2D eigenvalue weighted by Gasteiger charge is -2.43. The number of halogens is 3. The summed E-state index contributed by atoms with van der Waals surface area (Å²) in [5.41, 5.74) is -1.52. The molecule has 2 fully saturated rings. The first-order chi connectivity index (χ1) is 15.0. The number of carbonyl (C=O) groups is 1. The average Bonchev–Trinajstić information content (AvgIpc) is 3.54.